The van der Waals surface area contributed by atoms with Gasteiger partial charge < -0.3 is 15.4 Å². The minimum absolute atomic E-state index is 0.365. The van der Waals surface area contributed by atoms with Gasteiger partial charge in [0.2, 0.25) is 10.0 Å². The number of methoxy groups -OCH3 is 1. The Morgan fingerprint density at radius 3 is 2.42 bits per heavy atom. The molecule has 0 spiro atoms. The summed E-state index contributed by atoms with van der Waals surface area (Å²) in [4.78, 5) is 5.04. The Kier molecular flexibility index (Phi) is 8.31. The van der Waals surface area contributed by atoms with Crippen molar-refractivity contribution >= 4 is 16.0 Å². The van der Waals surface area contributed by atoms with Crippen LogP contribution in [-0.2, 0) is 16.6 Å². The number of hydrogen-bond donors (Lipinski definition) is 2. The van der Waals surface area contributed by atoms with Crippen LogP contribution in [0.3, 0.4) is 0 Å². The molecule has 168 valence electrons. The molecule has 0 atom stereocenters. The van der Waals surface area contributed by atoms with Crippen LogP contribution < -0.4 is 15.4 Å². The Morgan fingerprint density at radius 2 is 1.74 bits per heavy atom. The number of sulfonamides is 1. The van der Waals surface area contributed by atoms with Crippen LogP contribution in [0, 0.1) is 5.92 Å². The van der Waals surface area contributed by atoms with Crippen molar-refractivity contribution in [1.29, 1.82) is 0 Å². The van der Waals surface area contributed by atoms with Gasteiger partial charge in [-0.25, -0.2) is 13.4 Å². The maximum absolute atomic E-state index is 12.8. The van der Waals surface area contributed by atoms with E-state index in [1.807, 2.05) is 37.3 Å². The quantitative estimate of drug-likeness (QED) is 0.483. The van der Waals surface area contributed by atoms with Crippen LogP contribution in [0.2, 0.25) is 0 Å². The van der Waals surface area contributed by atoms with E-state index in [4.69, 9.17) is 4.74 Å². The molecule has 7 nitrogen and oxygen atoms in total. The Bertz CT molecular complexity index is 956. The van der Waals surface area contributed by atoms with Gasteiger partial charge >= 0.3 is 0 Å². The van der Waals surface area contributed by atoms with Crippen LogP contribution in [0.15, 0.2) is 64.5 Å². The first kappa shape index (κ1) is 23.1. The molecule has 0 saturated carbocycles. The third-order valence-corrected chi connectivity index (χ3v) is 7.37. The van der Waals surface area contributed by atoms with Crippen molar-refractivity contribution in [2.24, 2.45) is 10.9 Å². The molecule has 0 aromatic heterocycles. The third kappa shape index (κ3) is 6.21. The standard InChI is InChI=1S/C23H32N4O3S/c1-3-24-23(26-18-20-9-7-8-12-22(20)30-2)25-17-19-13-15-27(16-14-19)31(28,29)21-10-5-4-6-11-21/h4-12,19H,3,13-18H2,1-2H3,(H2,24,25,26). The van der Waals surface area contributed by atoms with Crippen molar-refractivity contribution in [3.63, 3.8) is 0 Å². The maximum atomic E-state index is 12.8. The number of rotatable bonds is 8. The number of nitrogens with one attached hydrogen (secondary N) is 2. The van der Waals surface area contributed by atoms with Gasteiger partial charge in [0.1, 0.15) is 5.75 Å². The van der Waals surface area contributed by atoms with Gasteiger partial charge in [0.15, 0.2) is 5.96 Å². The predicted octanol–water partition coefficient (Wildman–Crippen LogP) is 2.85. The lowest BCUT2D eigenvalue weighted by Gasteiger charge is -2.31. The Balaban J connectivity index is 1.53. The minimum Gasteiger partial charge on any atom is -0.496 e. The van der Waals surface area contributed by atoms with E-state index in [-0.39, 0.29) is 0 Å². The third-order valence-electron chi connectivity index (χ3n) is 5.46. The minimum atomic E-state index is -3.41. The molecule has 1 fully saturated rings. The molecule has 0 unspecified atom stereocenters. The first-order chi connectivity index (χ1) is 15.0. The first-order valence-corrected chi connectivity index (χ1v) is 12.2. The fraction of sp³-hybridized carbons (Fsp3) is 0.435. The zero-order chi connectivity index (χ0) is 22.1. The molecule has 8 heteroatoms. The molecule has 1 aliphatic rings. The van der Waals surface area contributed by atoms with E-state index >= 15 is 0 Å². The van der Waals surface area contributed by atoms with Crippen LogP contribution in [-0.4, -0.2) is 52.0 Å². The summed E-state index contributed by atoms with van der Waals surface area (Å²) >= 11 is 0. The molecular formula is C23H32N4O3S. The van der Waals surface area contributed by atoms with E-state index < -0.39 is 10.0 Å². The van der Waals surface area contributed by atoms with Crippen molar-refractivity contribution in [1.82, 2.24) is 14.9 Å². The monoisotopic (exact) mass is 444 g/mol. The van der Waals surface area contributed by atoms with Crippen molar-refractivity contribution in [3.05, 3.63) is 60.2 Å². The number of ether oxygens (including phenoxy) is 1. The zero-order valence-corrected chi connectivity index (χ0v) is 19.1. The number of nitrogens with zero attached hydrogens (tertiary/aromatic N) is 2. The molecule has 2 N–H and O–H groups in total. The summed E-state index contributed by atoms with van der Waals surface area (Å²) in [5.74, 6) is 1.99. The van der Waals surface area contributed by atoms with Gasteiger partial charge in [-0.15, -0.1) is 0 Å². The summed E-state index contributed by atoms with van der Waals surface area (Å²) < 4.78 is 32.6. The van der Waals surface area contributed by atoms with Crippen LogP contribution in [0.4, 0.5) is 0 Å². The second-order valence-electron chi connectivity index (χ2n) is 7.55. The highest BCUT2D eigenvalue weighted by atomic mass is 32.2. The summed E-state index contributed by atoms with van der Waals surface area (Å²) in [6.45, 7) is 5.17. The summed E-state index contributed by atoms with van der Waals surface area (Å²) in [6.07, 6.45) is 1.65. The Morgan fingerprint density at radius 1 is 1.06 bits per heavy atom. The fourth-order valence-corrected chi connectivity index (χ4v) is 5.17. The molecular weight excluding hydrogens is 412 g/mol. The Labute approximate surface area is 185 Å². The molecule has 1 saturated heterocycles. The highest BCUT2D eigenvalue weighted by Gasteiger charge is 2.29. The fourth-order valence-electron chi connectivity index (χ4n) is 3.68. The number of benzene rings is 2. The predicted molar refractivity (Wildman–Crippen MR) is 124 cm³/mol. The van der Waals surface area contributed by atoms with E-state index in [1.54, 1.807) is 35.7 Å². The second-order valence-corrected chi connectivity index (χ2v) is 9.49. The lowest BCUT2D eigenvalue weighted by Crippen LogP contribution is -2.44. The van der Waals surface area contributed by atoms with E-state index in [0.717, 1.165) is 43.2 Å². The van der Waals surface area contributed by atoms with E-state index in [1.165, 1.54) is 0 Å². The van der Waals surface area contributed by atoms with Crippen molar-refractivity contribution in [2.45, 2.75) is 31.2 Å². The lowest BCUT2D eigenvalue weighted by molar-refractivity contribution is 0.273. The summed E-state index contributed by atoms with van der Waals surface area (Å²) in [6, 6.07) is 16.5. The Hall–Kier alpha value is -2.58. The van der Waals surface area contributed by atoms with Crippen molar-refractivity contribution in [2.75, 3.05) is 33.3 Å². The molecule has 0 aliphatic carbocycles. The SMILES string of the molecule is CCNC(=NCc1ccccc1OC)NCC1CCN(S(=O)(=O)c2ccccc2)CC1. The number of para-hydroxylation sites is 1. The lowest BCUT2D eigenvalue weighted by atomic mass is 9.98. The van der Waals surface area contributed by atoms with Gasteiger partial charge in [-0.1, -0.05) is 36.4 Å². The maximum Gasteiger partial charge on any atom is 0.243 e. The first-order valence-electron chi connectivity index (χ1n) is 10.7. The van der Waals surface area contributed by atoms with Gasteiger partial charge in [0.05, 0.1) is 18.6 Å². The number of guanidine groups is 1. The van der Waals surface area contributed by atoms with E-state index in [9.17, 15) is 8.42 Å². The van der Waals surface area contributed by atoms with Crippen molar-refractivity contribution < 1.29 is 13.2 Å². The van der Waals surface area contributed by atoms with E-state index in [2.05, 4.69) is 15.6 Å². The smallest absolute Gasteiger partial charge is 0.243 e. The summed E-state index contributed by atoms with van der Waals surface area (Å²) in [7, 11) is -1.74. The van der Waals surface area contributed by atoms with Crippen molar-refractivity contribution in [3.8, 4) is 5.75 Å². The molecule has 3 rings (SSSR count). The largest absolute Gasteiger partial charge is 0.496 e. The van der Waals surface area contributed by atoms with Gasteiger partial charge in [0, 0.05) is 31.7 Å². The second kappa shape index (κ2) is 11.2. The van der Waals surface area contributed by atoms with E-state index in [0.29, 0.717) is 30.4 Å². The normalized spacial score (nSPS) is 16.1. The molecule has 2 aromatic carbocycles. The zero-order valence-electron chi connectivity index (χ0n) is 18.3. The van der Waals surface area contributed by atoms with Crippen LogP contribution in [0.25, 0.3) is 0 Å². The molecule has 1 heterocycles. The number of piperidine rings is 1. The topological polar surface area (TPSA) is 83.0 Å². The summed E-state index contributed by atoms with van der Waals surface area (Å²) in [5, 5.41) is 6.69. The van der Waals surface area contributed by atoms with Crippen LogP contribution >= 0.6 is 0 Å². The van der Waals surface area contributed by atoms with Crippen LogP contribution in [0.5, 0.6) is 5.75 Å². The molecule has 31 heavy (non-hydrogen) atoms. The molecule has 1 aliphatic heterocycles. The summed E-state index contributed by atoms with van der Waals surface area (Å²) in [5.41, 5.74) is 1.03. The molecule has 0 radical (unpaired) electrons. The van der Waals surface area contributed by atoms with Gasteiger partial charge in [-0.3, -0.25) is 0 Å². The highest BCUT2D eigenvalue weighted by molar-refractivity contribution is 7.89. The van der Waals surface area contributed by atoms with Gasteiger partial charge in [-0.05, 0) is 43.9 Å². The average Bonchev–Trinajstić information content (AvgIpc) is 2.82. The van der Waals surface area contributed by atoms with Gasteiger partial charge in [-0.2, -0.15) is 4.31 Å². The highest BCUT2D eigenvalue weighted by Crippen LogP contribution is 2.23. The number of hydrogen-bond acceptors (Lipinski definition) is 4. The molecule has 0 amide bonds. The van der Waals surface area contributed by atoms with Crippen LogP contribution in [0.1, 0.15) is 25.3 Å². The number of aliphatic imine (C=N–C) groups is 1. The molecule has 2 aromatic rings. The molecule has 0 bridgehead atoms. The van der Waals surface area contributed by atoms with Gasteiger partial charge in [0.25, 0.3) is 0 Å². The average molecular weight is 445 g/mol.